The van der Waals surface area contributed by atoms with Gasteiger partial charge in [0.1, 0.15) is 16.8 Å². The molecular weight excluding hydrogens is 184 g/mol. The first-order valence-corrected chi connectivity index (χ1v) is 4.67. The van der Waals surface area contributed by atoms with Crippen molar-refractivity contribution < 1.29 is 8.63 Å². The minimum Gasteiger partial charge on any atom is -0.443 e. The Morgan fingerprint density at radius 1 is 1.23 bits per heavy atom. The van der Waals surface area contributed by atoms with Crippen molar-refractivity contribution in [3.63, 3.8) is 0 Å². The summed E-state index contributed by atoms with van der Waals surface area (Å²) in [5.41, 5.74) is 1.94. The Bertz CT molecular complexity index is 536. The lowest BCUT2D eigenvalue weighted by atomic mass is 10.2. The summed E-state index contributed by atoms with van der Waals surface area (Å²) in [6, 6.07) is 9.46. The second-order valence-electron chi connectivity index (χ2n) is 2.88. The zero-order valence-electron chi connectivity index (χ0n) is 7.11. The molecule has 0 N–H and O–H groups in total. The van der Waals surface area contributed by atoms with Gasteiger partial charge >= 0.3 is 0 Å². The maximum Gasteiger partial charge on any atom is 0.219 e. The molecule has 0 saturated carbocycles. The molecule has 0 fully saturated rings. The number of fused-ring (bicyclic) bond motifs is 1. The molecule has 1 heterocycles. The van der Waals surface area contributed by atoms with E-state index in [9.17, 15) is 4.21 Å². The highest BCUT2D eigenvalue weighted by atomic mass is 32.1. The van der Waals surface area contributed by atoms with Crippen molar-refractivity contribution in [1.29, 1.82) is 0 Å². The van der Waals surface area contributed by atoms with Crippen molar-refractivity contribution in [1.82, 2.24) is 0 Å². The van der Waals surface area contributed by atoms with E-state index >= 15 is 0 Å². The fraction of sp³-hybridized carbons (Fsp3) is 0.100. The van der Waals surface area contributed by atoms with Gasteiger partial charge in [-0.3, -0.25) is 0 Å². The van der Waals surface area contributed by atoms with E-state index in [0.717, 1.165) is 11.0 Å². The van der Waals surface area contributed by atoms with Gasteiger partial charge in [0.15, 0.2) is 0 Å². The average Bonchev–Trinajstić information content (AvgIpc) is 2.17. The fourth-order valence-electron chi connectivity index (χ4n) is 1.24. The molecule has 1 aromatic heterocycles. The SMILES string of the molecule is Cc1ccc2oc(=S=O)ccc2c1. The third kappa shape index (κ3) is 1.55. The molecule has 0 aliphatic rings. The predicted molar refractivity (Wildman–Crippen MR) is 52.3 cm³/mol. The van der Waals surface area contributed by atoms with Crippen LogP contribution in [0.1, 0.15) is 5.56 Å². The quantitative estimate of drug-likeness (QED) is 0.600. The predicted octanol–water partition coefficient (Wildman–Crippen LogP) is 2.49. The minimum absolute atomic E-state index is 0.371. The van der Waals surface area contributed by atoms with Gasteiger partial charge in [-0.2, -0.15) is 0 Å². The van der Waals surface area contributed by atoms with Gasteiger partial charge in [0.05, 0.1) is 0 Å². The molecule has 0 spiro atoms. The van der Waals surface area contributed by atoms with Crippen LogP contribution in [0.15, 0.2) is 34.7 Å². The Labute approximate surface area is 78.9 Å². The van der Waals surface area contributed by atoms with Crippen LogP contribution in [0.5, 0.6) is 0 Å². The molecule has 2 aromatic rings. The number of rotatable bonds is 0. The molecule has 0 unspecified atom stereocenters. The summed E-state index contributed by atoms with van der Waals surface area (Å²) in [5, 5.41) is 1.03. The van der Waals surface area contributed by atoms with Gasteiger partial charge in [0.2, 0.25) is 4.71 Å². The zero-order valence-corrected chi connectivity index (χ0v) is 7.93. The van der Waals surface area contributed by atoms with Crippen molar-refractivity contribution >= 4 is 22.2 Å². The van der Waals surface area contributed by atoms with E-state index in [1.54, 1.807) is 6.07 Å². The van der Waals surface area contributed by atoms with Crippen molar-refractivity contribution in [2.75, 3.05) is 0 Å². The zero-order chi connectivity index (χ0) is 9.26. The fourth-order valence-corrected chi connectivity index (χ4v) is 1.48. The smallest absolute Gasteiger partial charge is 0.219 e. The van der Waals surface area contributed by atoms with Crippen LogP contribution in [0.2, 0.25) is 0 Å². The summed E-state index contributed by atoms with van der Waals surface area (Å²) < 4.78 is 16.2. The molecule has 0 atom stereocenters. The Balaban J connectivity index is 2.88. The summed E-state index contributed by atoms with van der Waals surface area (Å²) >= 11 is 0.371. The maximum atomic E-state index is 10.5. The molecule has 2 nitrogen and oxygen atoms in total. The van der Waals surface area contributed by atoms with E-state index in [4.69, 9.17) is 4.42 Å². The molecule has 0 bridgehead atoms. The second-order valence-corrected chi connectivity index (χ2v) is 3.45. The molecule has 3 heteroatoms. The van der Waals surface area contributed by atoms with Gasteiger partial charge < -0.3 is 4.42 Å². The van der Waals surface area contributed by atoms with E-state index in [1.807, 2.05) is 31.2 Å². The number of hydrogen-bond acceptors (Lipinski definition) is 2. The molecule has 13 heavy (non-hydrogen) atoms. The summed E-state index contributed by atoms with van der Waals surface area (Å²) in [5.74, 6) is 0. The van der Waals surface area contributed by atoms with Gasteiger partial charge in [-0.25, -0.2) is 4.21 Å². The summed E-state index contributed by atoms with van der Waals surface area (Å²) in [7, 11) is 0. The monoisotopic (exact) mass is 192 g/mol. The van der Waals surface area contributed by atoms with Gasteiger partial charge in [-0.15, -0.1) is 0 Å². The second kappa shape index (κ2) is 3.18. The molecule has 66 valence electrons. The van der Waals surface area contributed by atoms with E-state index in [-0.39, 0.29) is 0 Å². The lowest BCUT2D eigenvalue weighted by Gasteiger charge is -1.96. The maximum absolute atomic E-state index is 10.5. The first-order chi connectivity index (χ1) is 6.29. The van der Waals surface area contributed by atoms with E-state index in [0.29, 0.717) is 16.0 Å². The average molecular weight is 192 g/mol. The highest BCUT2D eigenvalue weighted by Crippen LogP contribution is 2.15. The van der Waals surface area contributed by atoms with Crippen LogP contribution < -0.4 is 0 Å². The van der Waals surface area contributed by atoms with Crippen LogP contribution in [0.25, 0.3) is 11.0 Å². The van der Waals surface area contributed by atoms with E-state index in [2.05, 4.69) is 0 Å². The number of benzene rings is 1. The number of aryl methyl sites for hydroxylation is 1. The molecule has 0 radical (unpaired) electrons. The van der Waals surface area contributed by atoms with Crippen molar-refractivity contribution in [3.05, 3.63) is 40.6 Å². The highest BCUT2D eigenvalue weighted by Gasteiger charge is 1.94. The van der Waals surface area contributed by atoms with Crippen molar-refractivity contribution in [2.24, 2.45) is 0 Å². The molecular formula is C10H8O2S. The van der Waals surface area contributed by atoms with Gasteiger partial charge in [0, 0.05) is 5.39 Å². The molecule has 0 saturated heterocycles. The molecule has 2 rings (SSSR count). The number of hydrogen-bond donors (Lipinski definition) is 0. The molecule has 0 amide bonds. The van der Waals surface area contributed by atoms with Crippen LogP contribution in [-0.2, 0) is 11.3 Å². The third-order valence-corrected chi connectivity index (χ3v) is 2.24. The Morgan fingerprint density at radius 3 is 2.85 bits per heavy atom. The lowest BCUT2D eigenvalue weighted by Crippen LogP contribution is -1.75. The highest BCUT2D eigenvalue weighted by molar-refractivity contribution is 7.56. The minimum atomic E-state index is 0.371. The third-order valence-electron chi connectivity index (χ3n) is 1.86. The Morgan fingerprint density at radius 2 is 2.08 bits per heavy atom. The summed E-state index contributed by atoms with van der Waals surface area (Å²) in [6.45, 7) is 2.02. The topological polar surface area (TPSA) is 30.2 Å². The van der Waals surface area contributed by atoms with Crippen LogP contribution in [0.4, 0.5) is 0 Å². The van der Waals surface area contributed by atoms with Gasteiger partial charge in [0.25, 0.3) is 0 Å². The Kier molecular flexibility index (Phi) is 2.02. The lowest BCUT2D eigenvalue weighted by molar-refractivity contribution is 0.581. The normalized spacial score (nSPS) is 10.2. The van der Waals surface area contributed by atoms with Gasteiger partial charge in [-0.05, 0) is 31.2 Å². The largest absolute Gasteiger partial charge is 0.443 e. The van der Waals surface area contributed by atoms with Crippen LogP contribution in [-0.4, -0.2) is 4.21 Å². The van der Waals surface area contributed by atoms with E-state index in [1.165, 1.54) is 5.56 Å². The molecule has 0 aliphatic carbocycles. The van der Waals surface area contributed by atoms with Crippen molar-refractivity contribution in [3.8, 4) is 0 Å². The first kappa shape index (κ1) is 8.26. The van der Waals surface area contributed by atoms with Crippen LogP contribution >= 0.6 is 0 Å². The summed E-state index contributed by atoms with van der Waals surface area (Å²) in [4.78, 5) is 0. The van der Waals surface area contributed by atoms with Gasteiger partial charge in [-0.1, -0.05) is 11.6 Å². The molecule has 1 aromatic carbocycles. The van der Waals surface area contributed by atoms with Crippen LogP contribution in [0.3, 0.4) is 0 Å². The van der Waals surface area contributed by atoms with Crippen LogP contribution in [0, 0.1) is 11.6 Å². The first-order valence-electron chi connectivity index (χ1n) is 3.93. The van der Waals surface area contributed by atoms with E-state index < -0.39 is 0 Å². The molecule has 0 aliphatic heterocycles. The Hall–Kier alpha value is -1.35. The standard InChI is InChI=1S/C10H8O2S/c1-7-2-4-9-8(6-7)3-5-10(12-9)13-11/h2-6H,1H3. The summed E-state index contributed by atoms with van der Waals surface area (Å²) in [6.07, 6.45) is 0. The van der Waals surface area contributed by atoms with Crippen molar-refractivity contribution in [2.45, 2.75) is 6.92 Å².